The van der Waals surface area contributed by atoms with Crippen molar-refractivity contribution in [1.82, 2.24) is 8.43 Å². The Hall–Kier alpha value is -0.170. The van der Waals surface area contributed by atoms with Gasteiger partial charge >= 0.3 is 0 Å². The van der Waals surface area contributed by atoms with E-state index in [1.807, 2.05) is 0 Å². The van der Waals surface area contributed by atoms with Crippen LogP contribution in [-0.4, -0.2) is 33.9 Å². The molecule has 0 spiro atoms. The molecule has 0 aromatic heterocycles. The van der Waals surface area contributed by atoms with Gasteiger partial charge in [-0.2, -0.15) is 0 Å². The zero-order valence-electron chi connectivity index (χ0n) is 14.4. The van der Waals surface area contributed by atoms with Gasteiger partial charge in [-0.25, -0.2) is 3.11 Å². The number of halogens is 1. The van der Waals surface area contributed by atoms with Crippen molar-refractivity contribution < 1.29 is 9.59 Å². The molecule has 2 rings (SSSR count). The molecular formula is C18H31IN2O2. The van der Waals surface area contributed by atoms with Gasteiger partial charge in [-0.1, -0.05) is 38.5 Å². The topological polar surface area (TPSA) is 49.4 Å². The molecule has 5 heteroatoms. The Morgan fingerprint density at radius 1 is 1.04 bits per heavy atom. The van der Waals surface area contributed by atoms with Crippen LogP contribution in [0.3, 0.4) is 0 Å². The van der Waals surface area contributed by atoms with Gasteiger partial charge in [0.25, 0.3) is 0 Å². The lowest BCUT2D eigenvalue weighted by Gasteiger charge is -2.30. The van der Waals surface area contributed by atoms with Crippen molar-refractivity contribution in [3.63, 3.8) is 0 Å². The molecule has 0 aromatic rings. The third kappa shape index (κ3) is 6.69. The van der Waals surface area contributed by atoms with E-state index in [4.69, 9.17) is 0 Å². The van der Waals surface area contributed by atoms with Crippen LogP contribution in [0.4, 0.5) is 0 Å². The highest BCUT2D eigenvalue weighted by Crippen LogP contribution is 2.27. The fraction of sp³-hybridized carbons (Fsp3) is 0.889. The second kappa shape index (κ2) is 9.97. The lowest BCUT2D eigenvalue weighted by atomic mass is 9.82. The maximum atomic E-state index is 12.3. The van der Waals surface area contributed by atoms with E-state index >= 15 is 0 Å². The maximum absolute atomic E-state index is 12.3. The summed E-state index contributed by atoms with van der Waals surface area (Å²) >= 11 is 2.27. The monoisotopic (exact) mass is 434 g/mol. The second-order valence-electron chi connectivity index (χ2n) is 7.36. The number of rotatable bonds is 7. The molecule has 1 atom stereocenters. The molecule has 0 bridgehead atoms. The molecule has 4 nitrogen and oxygen atoms in total. The fourth-order valence-corrected chi connectivity index (χ4v) is 4.98. The Balaban J connectivity index is 1.77. The van der Waals surface area contributed by atoms with E-state index in [9.17, 15) is 9.59 Å². The zero-order chi connectivity index (χ0) is 16.7. The van der Waals surface area contributed by atoms with Gasteiger partial charge in [-0.3, -0.25) is 9.59 Å². The van der Waals surface area contributed by atoms with Gasteiger partial charge in [-0.05, 0) is 44.4 Å². The number of carbonyl (C=O) groups excluding carboxylic acids is 2. The van der Waals surface area contributed by atoms with Gasteiger partial charge < -0.3 is 5.32 Å². The number of amides is 1. The molecule has 0 aromatic carbocycles. The normalized spacial score (nSPS) is 22.0. The molecule has 0 aliphatic heterocycles. The molecule has 2 fully saturated rings. The molecule has 2 aliphatic rings. The highest BCUT2D eigenvalue weighted by molar-refractivity contribution is 14.1. The summed E-state index contributed by atoms with van der Waals surface area (Å²) < 4.78 is 2.10. The van der Waals surface area contributed by atoms with Crippen molar-refractivity contribution in [2.75, 3.05) is 13.1 Å². The minimum absolute atomic E-state index is 0.000910. The molecule has 132 valence electrons. The highest BCUT2D eigenvalue weighted by Gasteiger charge is 2.29. The van der Waals surface area contributed by atoms with Crippen molar-refractivity contribution in [3.8, 4) is 0 Å². The van der Waals surface area contributed by atoms with Crippen LogP contribution in [0.25, 0.3) is 0 Å². The molecule has 1 N–H and O–H groups in total. The molecule has 0 saturated heterocycles. The number of Topliss-reactive ketones (excluding diaryl/α,β-unsaturated/α-hetero) is 1. The fourth-order valence-electron chi connectivity index (χ4n) is 4.11. The third-order valence-corrected chi connectivity index (χ3v) is 6.11. The first-order chi connectivity index (χ1) is 11.1. The molecular weight excluding hydrogens is 403 g/mol. The van der Waals surface area contributed by atoms with E-state index in [0.717, 1.165) is 25.3 Å². The van der Waals surface area contributed by atoms with Crippen LogP contribution < -0.4 is 5.32 Å². The largest absolute Gasteiger partial charge is 0.345 e. The van der Waals surface area contributed by atoms with Crippen LogP contribution in [0, 0.1) is 11.8 Å². The molecule has 0 heterocycles. The number of hydrogen-bond acceptors (Lipinski definition) is 3. The number of hydrogen-bond donors (Lipinski definition) is 1. The van der Waals surface area contributed by atoms with Crippen molar-refractivity contribution >= 4 is 34.6 Å². The van der Waals surface area contributed by atoms with Crippen LogP contribution >= 0.6 is 22.9 Å². The SMILES string of the molecule is CC(=O)[C@@H](NC(=O)CN(I)CC1CCCCC1)C1CCCCC1. The summed E-state index contributed by atoms with van der Waals surface area (Å²) in [4.78, 5) is 24.3. The van der Waals surface area contributed by atoms with Gasteiger partial charge in [-0.15, -0.1) is 0 Å². The molecule has 0 unspecified atom stereocenters. The summed E-state index contributed by atoms with van der Waals surface area (Å²) in [6.45, 7) is 3.00. The minimum Gasteiger partial charge on any atom is -0.345 e. The van der Waals surface area contributed by atoms with Crippen molar-refractivity contribution in [3.05, 3.63) is 0 Å². The van der Waals surface area contributed by atoms with Crippen LogP contribution in [-0.2, 0) is 9.59 Å². The molecule has 2 saturated carbocycles. The first-order valence-corrected chi connectivity index (χ1v) is 10.2. The van der Waals surface area contributed by atoms with Gasteiger partial charge in [0.05, 0.1) is 12.6 Å². The van der Waals surface area contributed by atoms with Gasteiger partial charge in [0, 0.05) is 29.4 Å². The number of nitrogens with one attached hydrogen (secondary N) is 1. The van der Waals surface area contributed by atoms with Gasteiger partial charge in [0.1, 0.15) is 0 Å². The summed E-state index contributed by atoms with van der Waals surface area (Å²) in [6.07, 6.45) is 12.4. The molecule has 23 heavy (non-hydrogen) atoms. The summed E-state index contributed by atoms with van der Waals surface area (Å²) in [7, 11) is 0. The Morgan fingerprint density at radius 3 is 2.17 bits per heavy atom. The lowest BCUT2D eigenvalue weighted by molar-refractivity contribution is -0.128. The third-order valence-electron chi connectivity index (χ3n) is 5.37. The lowest BCUT2D eigenvalue weighted by Crippen LogP contribution is -2.48. The second-order valence-corrected chi connectivity index (χ2v) is 8.73. The predicted octanol–water partition coefficient (Wildman–Crippen LogP) is 3.87. The number of nitrogens with zero attached hydrogens (tertiary/aromatic N) is 1. The van der Waals surface area contributed by atoms with Crippen LogP contribution in [0.5, 0.6) is 0 Å². The molecule has 1 amide bonds. The quantitative estimate of drug-likeness (QED) is 0.489. The van der Waals surface area contributed by atoms with E-state index in [-0.39, 0.29) is 17.7 Å². The molecule has 0 radical (unpaired) electrons. The average Bonchev–Trinajstić information content (AvgIpc) is 2.54. The van der Waals surface area contributed by atoms with E-state index in [1.165, 1.54) is 51.4 Å². The summed E-state index contributed by atoms with van der Waals surface area (Å²) in [5, 5.41) is 3.02. The summed E-state index contributed by atoms with van der Waals surface area (Å²) in [5.74, 6) is 1.18. The van der Waals surface area contributed by atoms with E-state index in [2.05, 4.69) is 31.3 Å². The Kier molecular flexibility index (Phi) is 8.30. The number of carbonyl (C=O) groups is 2. The first kappa shape index (κ1) is 19.2. The van der Waals surface area contributed by atoms with E-state index < -0.39 is 0 Å². The van der Waals surface area contributed by atoms with Crippen LogP contribution in [0.15, 0.2) is 0 Å². The zero-order valence-corrected chi connectivity index (χ0v) is 16.5. The number of ketones is 1. The van der Waals surface area contributed by atoms with Gasteiger partial charge in [0.2, 0.25) is 5.91 Å². The van der Waals surface area contributed by atoms with Gasteiger partial charge in [0.15, 0.2) is 5.78 Å². The first-order valence-electron chi connectivity index (χ1n) is 9.27. The van der Waals surface area contributed by atoms with E-state index in [0.29, 0.717) is 12.5 Å². The highest BCUT2D eigenvalue weighted by atomic mass is 127. The van der Waals surface area contributed by atoms with Crippen molar-refractivity contribution in [2.45, 2.75) is 77.2 Å². The van der Waals surface area contributed by atoms with Crippen molar-refractivity contribution in [1.29, 1.82) is 0 Å². The average molecular weight is 434 g/mol. The minimum atomic E-state index is -0.276. The smallest absolute Gasteiger partial charge is 0.235 e. The Bertz CT molecular complexity index is 390. The summed E-state index contributed by atoms with van der Waals surface area (Å²) in [5.41, 5.74) is 0. The van der Waals surface area contributed by atoms with Crippen LogP contribution in [0.1, 0.15) is 71.1 Å². The summed E-state index contributed by atoms with van der Waals surface area (Å²) in [6, 6.07) is -0.276. The molecule has 2 aliphatic carbocycles. The van der Waals surface area contributed by atoms with Crippen LogP contribution in [0.2, 0.25) is 0 Å². The standard InChI is InChI=1S/C18H31IN2O2/c1-14(22)18(16-10-6-3-7-11-16)20-17(23)13-21(19)12-15-8-4-2-5-9-15/h15-16,18H,2-13H2,1H3,(H,20,23)/t18-/m1/s1. The predicted molar refractivity (Wildman–Crippen MR) is 101 cm³/mol. The Labute approximate surface area is 154 Å². The Morgan fingerprint density at radius 2 is 1.61 bits per heavy atom. The maximum Gasteiger partial charge on any atom is 0.235 e. The van der Waals surface area contributed by atoms with E-state index in [1.54, 1.807) is 6.92 Å². The van der Waals surface area contributed by atoms with Crippen molar-refractivity contribution in [2.24, 2.45) is 11.8 Å².